The first-order chi connectivity index (χ1) is 8.92. The molecule has 0 bridgehead atoms. The van der Waals surface area contributed by atoms with E-state index < -0.39 is 0 Å². The molecule has 1 saturated heterocycles. The van der Waals surface area contributed by atoms with Crippen LogP contribution < -0.4 is 0 Å². The molecule has 112 valence electrons. The van der Waals surface area contributed by atoms with Crippen LogP contribution in [0.4, 0.5) is 0 Å². The highest BCUT2D eigenvalue weighted by Gasteiger charge is 2.22. The zero-order chi connectivity index (χ0) is 14.3. The van der Waals surface area contributed by atoms with E-state index >= 15 is 0 Å². The van der Waals surface area contributed by atoms with Crippen molar-refractivity contribution in [3.63, 3.8) is 0 Å². The van der Waals surface area contributed by atoms with E-state index in [1.54, 1.807) is 0 Å². The smallest absolute Gasteiger partial charge is 0.236 e. The first kappa shape index (κ1) is 16.4. The van der Waals surface area contributed by atoms with Gasteiger partial charge in [0, 0.05) is 32.8 Å². The number of rotatable bonds is 6. The van der Waals surface area contributed by atoms with Crippen LogP contribution in [-0.2, 0) is 9.53 Å². The molecule has 0 aliphatic carbocycles. The Hall–Kier alpha value is -0.650. The van der Waals surface area contributed by atoms with Gasteiger partial charge >= 0.3 is 0 Å². The van der Waals surface area contributed by atoms with E-state index in [9.17, 15) is 4.79 Å². The molecule has 0 spiro atoms. The molecule has 0 aromatic carbocycles. The lowest BCUT2D eigenvalue weighted by atomic mass is 9.96. The molecule has 0 atom stereocenters. The molecule has 5 heteroatoms. The third kappa shape index (κ3) is 6.89. The maximum atomic E-state index is 12.2. The standard InChI is InChI=1S/C14H28N2O3/c1-14(2,3)12-15(5-4-8-17)11-13(18)16-6-9-19-10-7-16/h17H,4-12H2,1-3H3. The molecule has 19 heavy (non-hydrogen) atoms. The fourth-order valence-electron chi connectivity index (χ4n) is 2.28. The quantitative estimate of drug-likeness (QED) is 0.768. The number of morpholine rings is 1. The summed E-state index contributed by atoms with van der Waals surface area (Å²) in [7, 11) is 0. The largest absolute Gasteiger partial charge is 0.396 e. The summed E-state index contributed by atoms with van der Waals surface area (Å²) >= 11 is 0. The van der Waals surface area contributed by atoms with Crippen molar-refractivity contribution in [3.05, 3.63) is 0 Å². The zero-order valence-corrected chi connectivity index (χ0v) is 12.5. The number of ether oxygens (including phenoxy) is 1. The van der Waals surface area contributed by atoms with Crippen molar-refractivity contribution in [1.29, 1.82) is 0 Å². The predicted molar refractivity (Wildman–Crippen MR) is 75.0 cm³/mol. The van der Waals surface area contributed by atoms with Gasteiger partial charge in [-0.15, -0.1) is 0 Å². The Morgan fingerprint density at radius 3 is 2.47 bits per heavy atom. The van der Waals surface area contributed by atoms with Crippen molar-refractivity contribution in [1.82, 2.24) is 9.80 Å². The number of aliphatic hydroxyl groups is 1. The van der Waals surface area contributed by atoms with Crippen LogP contribution in [0.2, 0.25) is 0 Å². The van der Waals surface area contributed by atoms with Crippen LogP contribution in [0.25, 0.3) is 0 Å². The van der Waals surface area contributed by atoms with Crippen molar-refractivity contribution in [3.8, 4) is 0 Å². The molecule has 1 rings (SSSR count). The fraction of sp³-hybridized carbons (Fsp3) is 0.929. The van der Waals surface area contributed by atoms with Gasteiger partial charge in [-0.3, -0.25) is 9.69 Å². The molecule has 0 aromatic rings. The Labute approximate surface area is 116 Å². The van der Waals surface area contributed by atoms with Crippen molar-refractivity contribution in [2.75, 3.05) is 52.5 Å². The summed E-state index contributed by atoms with van der Waals surface area (Å²) in [5.41, 5.74) is 0.154. The van der Waals surface area contributed by atoms with E-state index in [2.05, 4.69) is 25.7 Å². The lowest BCUT2D eigenvalue weighted by Gasteiger charge is -2.33. The minimum absolute atomic E-state index is 0.154. The Morgan fingerprint density at radius 1 is 1.32 bits per heavy atom. The Bertz CT molecular complexity index is 270. The number of nitrogens with zero attached hydrogens (tertiary/aromatic N) is 2. The van der Waals surface area contributed by atoms with Crippen molar-refractivity contribution < 1.29 is 14.6 Å². The van der Waals surface area contributed by atoms with E-state index in [0.717, 1.165) is 13.1 Å². The normalized spacial score (nSPS) is 17.0. The number of amides is 1. The van der Waals surface area contributed by atoms with E-state index in [1.165, 1.54) is 0 Å². The minimum Gasteiger partial charge on any atom is -0.396 e. The summed E-state index contributed by atoms with van der Waals surface area (Å²) in [6.07, 6.45) is 0.715. The van der Waals surface area contributed by atoms with E-state index in [1.807, 2.05) is 4.90 Å². The molecule has 0 saturated carbocycles. The molecule has 0 unspecified atom stereocenters. The van der Waals surface area contributed by atoms with Crippen molar-refractivity contribution in [2.24, 2.45) is 5.41 Å². The molecule has 1 N–H and O–H groups in total. The van der Waals surface area contributed by atoms with Gasteiger partial charge in [0.2, 0.25) is 5.91 Å². The highest BCUT2D eigenvalue weighted by molar-refractivity contribution is 5.78. The summed E-state index contributed by atoms with van der Waals surface area (Å²) < 4.78 is 5.26. The van der Waals surface area contributed by atoms with Crippen LogP contribution in [0.15, 0.2) is 0 Å². The second kappa shape index (κ2) is 7.82. The Kier molecular flexibility index (Phi) is 6.75. The molecular weight excluding hydrogens is 244 g/mol. The fourth-order valence-corrected chi connectivity index (χ4v) is 2.28. The Balaban J connectivity index is 2.47. The van der Waals surface area contributed by atoms with Gasteiger partial charge in [0.05, 0.1) is 19.8 Å². The average molecular weight is 272 g/mol. The third-order valence-electron chi connectivity index (χ3n) is 3.05. The second-order valence-electron chi connectivity index (χ2n) is 6.34. The molecule has 1 heterocycles. The number of aliphatic hydroxyl groups excluding tert-OH is 1. The van der Waals surface area contributed by atoms with Gasteiger partial charge in [0.15, 0.2) is 0 Å². The van der Waals surface area contributed by atoms with Gasteiger partial charge in [-0.1, -0.05) is 20.8 Å². The van der Waals surface area contributed by atoms with E-state index in [0.29, 0.717) is 39.3 Å². The summed E-state index contributed by atoms with van der Waals surface area (Å²) in [5, 5.41) is 8.96. The van der Waals surface area contributed by atoms with Crippen molar-refractivity contribution in [2.45, 2.75) is 27.2 Å². The topological polar surface area (TPSA) is 53.0 Å². The molecule has 1 amide bonds. The SMILES string of the molecule is CC(C)(C)CN(CCCO)CC(=O)N1CCOCC1. The number of carbonyl (C=O) groups is 1. The van der Waals surface area contributed by atoms with Gasteiger partial charge in [-0.25, -0.2) is 0 Å². The van der Waals surface area contributed by atoms with Gasteiger partial charge in [-0.2, -0.15) is 0 Å². The Morgan fingerprint density at radius 2 is 1.95 bits per heavy atom. The summed E-state index contributed by atoms with van der Waals surface area (Å²) in [6, 6.07) is 0. The highest BCUT2D eigenvalue weighted by atomic mass is 16.5. The third-order valence-corrected chi connectivity index (χ3v) is 3.05. The van der Waals surface area contributed by atoms with Crippen LogP contribution >= 0.6 is 0 Å². The first-order valence-corrected chi connectivity index (χ1v) is 7.11. The molecule has 0 radical (unpaired) electrons. The first-order valence-electron chi connectivity index (χ1n) is 7.11. The summed E-state index contributed by atoms with van der Waals surface area (Å²) in [4.78, 5) is 16.2. The number of hydrogen-bond acceptors (Lipinski definition) is 4. The molecule has 5 nitrogen and oxygen atoms in total. The van der Waals surface area contributed by atoms with E-state index in [4.69, 9.17) is 9.84 Å². The molecule has 0 aromatic heterocycles. The van der Waals surface area contributed by atoms with Crippen molar-refractivity contribution >= 4 is 5.91 Å². The van der Waals surface area contributed by atoms with Crippen LogP contribution in [0.3, 0.4) is 0 Å². The minimum atomic E-state index is 0.154. The number of hydrogen-bond donors (Lipinski definition) is 1. The molecular formula is C14H28N2O3. The van der Waals surface area contributed by atoms with Gasteiger partial charge < -0.3 is 14.7 Å². The van der Waals surface area contributed by atoms with Gasteiger partial charge in [0.25, 0.3) is 0 Å². The lowest BCUT2D eigenvalue weighted by Crippen LogP contribution is -2.47. The summed E-state index contributed by atoms with van der Waals surface area (Å²) in [5.74, 6) is 0.172. The molecule has 1 aliphatic rings. The van der Waals surface area contributed by atoms with Crippen LogP contribution in [0.1, 0.15) is 27.2 Å². The van der Waals surface area contributed by atoms with Crippen LogP contribution in [-0.4, -0.2) is 73.4 Å². The number of carbonyl (C=O) groups excluding carboxylic acids is 1. The maximum Gasteiger partial charge on any atom is 0.236 e. The van der Waals surface area contributed by atoms with Gasteiger partial charge in [-0.05, 0) is 11.8 Å². The predicted octanol–water partition coefficient (Wildman–Crippen LogP) is 0.576. The lowest BCUT2D eigenvalue weighted by molar-refractivity contribution is -0.136. The van der Waals surface area contributed by atoms with Crippen LogP contribution in [0.5, 0.6) is 0 Å². The highest BCUT2D eigenvalue weighted by Crippen LogP contribution is 2.15. The monoisotopic (exact) mass is 272 g/mol. The maximum absolute atomic E-state index is 12.2. The second-order valence-corrected chi connectivity index (χ2v) is 6.34. The van der Waals surface area contributed by atoms with Crippen LogP contribution in [0, 0.1) is 5.41 Å². The molecule has 1 fully saturated rings. The zero-order valence-electron chi connectivity index (χ0n) is 12.5. The van der Waals surface area contributed by atoms with E-state index in [-0.39, 0.29) is 17.9 Å². The van der Waals surface area contributed by atoms with Gasteiger partial charge in [0.1, 0.15) is 0 Å². The summed E-state index contributed by atoms with van der Waals surface area (Å²) in [6.45, 7) is 11.4. The average Bonchev–Trinajstić information content (AvgIpc) is 2.35. The molecule has 1 aliphatic heterocycles.